The summed E-state index contributed by atoms with van der Waals surface area (Å²) < 4.78 is 0. The Bertz CT molecular complexity index is 343. The highest BCUT2D eigenvalue weighted by Crippen LogP contribution is 2.23. The molecule has 1 aromatic rings. The topological polar surface area (TPSA) is 64.2 Å². The van der Waals surface area contributed by atoms with Gasteiger partial charge in [-0.3, -0.25) is 0 Å². The second-order valence-electron chi connectivity index (χ2n) is 3.38. The van der Waals surface area contributed by atoms with E-state index in [9.17, 15) is 10.2 Å². The van der Waals surface area contributed by atoms with Gasteiger partial charge in [0.15, 0.2) is 0 Å². The summed E-state index contributed by atoms with van der Waals surface area (Å²) >= 11 is 0. The molecule has 0 saturated heterocycles. The van der Waals surface area contributed by atoms with Crippen LogP contribution in [0.3, 0.4) is 0 Å². The standard InChI is InChI=1S/C11H13NO2/c1-8(7-12)5-11(14)9-3-2-4-10(13)6-9/h2-4,6,8,11,13-14H,5H2,1H3. The first-order valence-corrected chi connectivity index (χ1v) is 4.50. The number of benzene rings is 1. The Morgan fingerprint density at radius 2 is 2.21 bits per heavy atom. The maximum Gasteiger partial charge on any atom is 0.115 e. The van der Waals surface area contributed by atoms with E-state index in [1.807, 2.05) is 0 Å². The molecule has 0 bridgehead atoms. The minimum Gasteiger partial charge on any atom is -0.508 e. The van der Waals surface area contributed by atoms with Crippen LogP contribution in [-0.4, -0.2) is 10.2 Å². The lowest BCUT2D eigenvalue weighted by Crippen LogP contribution is -2.02. The van der Waals surface area contributed by atoms with Gasteiger partial charge >= 0.3 is 0 Å². The highest BCUT2D eigenvalue weighted by molar-refractivity contribution is 5.28. The quantitative estimate of drug-likeness (QED) is 0.767. The highest BCUT2D eigenvalue weighted by Gasteiger charge is 2.11. The number of hydrogen-bond donors (Lipinski definition) is 2. The Labute approximate surface area is 83.2 Å². The molecule has 74 valence electrons. The SMILES string of the molecule is CC(C#N)CC(O)c1cccc(O)c1. The third kappa shape index (κ3) is 2.75. The van der Waals surface area contributed by atoms with Crippen molar-refractivity contribution < 1.29 is 10.2 Å². The Morgan fingerprint density at radius 1 is 1.50 bits per heavy atom. The van der Waals surface area contributed by atoms with E-state index in [0.29, 0.717) is 12.0 Å². The van der Waals surface area contributed by atoms with Crippen molar-refractivity contribution in [2.45, 2.75) is 19.4 Å². The van der Waals surface area contributed by atoms with Crippen molar-refractivity contribution in [2.24, 2.45) is 5.92 Å². The van der Waals surface area contributed by atoms with E-state index in [0.717, 1.165) is 0 Å². The van der Waals surface area contributed by atoms with Crippen LogP contribution in [0.25, 0.3) is 0 Å². The third-order valence-electron chi connectivity index (χ3n) is 2.05. The van der Waals surface area contributed by atoms with Crippen LogP contribution in [0.2, 0.25) is 0 Å². The number of aliphatic hydroxyl groups excluding tert-OH is 1. The summed E-state index contributed by atoms with van der Waals surface area (Å²) in [6.07, 6.45) is -0.295. The monoisotopic (exact) mass is 191 g/mol. The molecule has 1 rings (SSSR count). The molecule has 0 aliphatic heterocycles. The molecule has 2 unspecified atom stereocenters. The van der Waals surface area contributed by atoms with E-state index in [2.05, 4.69) is 6.07 Å². The van der Waals surface area contributed by atoms with Crippen LogP contribution in [0.4, 0.5) is 0 Å². The van der Waals surface area contributed by atoms with E-state index in [1.54, 1.807) is 25.1 Å². The number of phenols is 1. The molecular weight excluding hydrogens is 178 g/mol. The van der Waals surface area contributed by atoms with Crippen molar-refractivity contribution in [3.8, 4) is 11.8 Å². The maximum absolute atomic E-state index is 9.68. The largest absolute Gasteiger partial charge is 0.508 e. The molecule has 1 aromatic carbocycles. The molecule has 3 heteroatoms. The van der Waals surface area contributed by atoms with Crippen LogP contribution in [-0.2, 0) is 0 Å². The van der Waals surface area contributed by atoms with Gasteiger partial charge in [-0.15, -0.1) is 0 Å². The zero-order chi connectivity index (χ0) is 10.6. The molecule has 3 nitrogen and oxygen atoms in total. The van der Waals surface area contributed by atoms with Gasteiger partial charge < -0.3 is 10.2 Å². The van der Waals surface area contributed by atoms with Crippen LogP contribution in [0, 0.1) is 17.2 Å². The van der Waals surface area contributed by atoms with Gasteiger partial charge in [0.25, 0.3) is 0 Å². The molecule has 0 fully saturated rings. The fourth-order valence-electron chi connectivity index (χ4n) is 1.26. The van der Waals surface area contributed by atoms with Crippen LogP contribution in [0.5, 0.6) is 5.75 Å². The fourth-order valence-corrected chi connectivity index (χ4v) is 1.26. The molecule has 14 heavy (non-hydrogen) atoms. The van der Waals surface area contributed by atoms with Gasteiger partial charge in [0, 0.05) is 5.92 Å². The second-order valence-corrected chi connectivity index (χ2v) is 3.38. The van der Waals surface area contributed by atoms with E-state index in [-0.39, 0.29) is 11.7 Å². The van der Waals surface area contributed by atoms with Crippen molar-refractivity contribution in [3.63, 3.8) is 0 Å². The van der Waals surface area contributed by atoms with Gasteiger partial charge in [0.2, 0.25) is 0 Å². The zero-order valence-corrected chi connectivity index (χ0v) is 8.01. The molecule has 0 heterocycles. The Balaban J connectivity index is 2.70. The predicted molar refractivity (Wildman–Crippen MR) is 52.5 cm³/mol. The van der Waals surface area contributed by atoms with Gasteiger partial charge in [0.05, 0.1) is 12.2 Å². The Kier molecular flexibility index (Phi) is 3.49. The van der Waals surface area contributed by atoms with Gasteiger partial charge in [-0.25, -0.2) is 0 Å². The molecule has 0 aromatic heterocycles. The van der Waals surface area contributed by atoms with Crippen molar-refractivity contribution >= 4 is 0 Å². The highest BCUT2D eigenvalue weighted by atomic mass is 16.3. The number of rotatable bonds is 3. The van der Waals surface area contributed by atoms with Crippen molar-refractivity contribution in [2.75, 3.05) is 0 Å². The van der Waals surface area contributed by atoms with Crippen LogP contribution >= 0.6 is 0 Å². The zero-order valence-electron chi connectivity index (χ0n) is 8.01. The molecule has 2 atom stereocenters. The first-order valence-electron chi connectivity index (χ1n) is 4.50. The van der Waals surface area contributed by atoms with Gasteiger partial charge in [-0.2, -0.15) is 5.26 Å². The summed E-state index contributed by atoms with van der Waals surface area (Å²) in [6, 6.07) is 8.51. The van der Waals surface area contributed by atoms with E-state index in [4.69, 9.17) is 5.26 Å². The number of hydrogen-bond acceptors (Lipinski definition) is 3. The molecule has 0 aliphatic rings. The minimum absolute atomic E-state index is 0.131. The lowest BCUT2D eigenvalue weighted by Gasteiger charge is -2.11. The number of phenolic OH excluding ortho intramolecular Hbond substituents is 1. The van der Waals surface area contributed by atoms with Gasteiger partial charge in [-0.1, -0.05) is 12.1 Å². The van der Waals surface area contributed by atoms with Crippen LogP contribution in [0.1, 0.15) is 25.0 Å². The summed E-state index contributed by atoms with van der Waals surface area (Å²) in [6.45, 7) is 1.76. The number of aromatic hydroxyl groups is 1. The molecule has 0 spiro atoms. The molecule has 0 amide bonds. The first-order chi connectivity index (χ1) is 6.63. The van der Waals surface area contributed by atoms with Crippen molar-refractivity contribution in [3.05, 3.63) is 29.8 Å². The second kappa shape index (κ2) is 4.64. The summed E-state index contributed by atoms with van der Waals surface area (Å²) in [4.78, 5) is 0. The lowest BCUT2D eigenvalue weighted by atomic mass is 9.99. The van der Waals surface area contributed by atoms with Crippen molar-refractivity contribution in [1.82, 2.24) is 0 Å². The van der Waals surface area contributed by atoms with E-state index in [1.165, 1.54) is 6.07 Å². The molecular formula is C11H13NO2. The average Bonchev–Trinajstić information content (AvgIpc) is 2.17. The fraction of sp³-hybridized carbons (Fsp3) is 0.364. The summed E-state index contributed by atoms with van der Waals surface area (Å²) in [5.74, 6) is -0.0569. The lowest BCUT2D eigenvalue weighted by molar-refractivity contribution is 0.156. The number of nitrogens with zero attached hydrogens (tertiary/aromatic N) is 1. The Hall–Kier alpha value is -1.53. The average molecular weight is 191 g/mol. The normalized spacial score (nSPS) is 14.4. The van der Waals surface area contributed by atoms with Crippen molar-refractivity contribution in [1.29, 1.82) is 5.26 Å². The molecule has 0 aliphatic carbocycles. The van der Waals surface area contributed by atoms with Gasteiger partial charge in [0.1, 0.15) is 5.75 Å². The molecule has 0 radical (unpaired) electrons. The summed E-state index contributed by atoms with van der Waals surface area (Å²) in [7, 11) is 0. The number of aliphatic hydroxyl groups is 1. The van der Waals surface area contributed by atoms with Crippen LogP contribution < -0.4 is 0 Å². The molecule has 0 saturated carbocycles. The Morgan fingerprint density at radius 3 is 2.79 bits per heavy atom. The van der Waals surface area contributed by atoms with Gasteiger partial charge in [-0.05, 0) is 31.0 Å². The van der Waals surface area contributed by atoms with Crippen LogP contribution in [0.15, 0.2) is 24.3 Å². The third-order valence-corrected chi connectivity index (χ3v) is 2.05. The summed E-state index contributed by atoms with van der Waals surface area (Å²) in [5.41, 5.74) is 0.645. The predicted octanol–water partition coefficient (Wildman–Crippen LogP) is 1.98. The van der Waals surface area contributed by atoms with E-state index < -0.39 is 6.10 Å². The minimum atomic E-state index is -0.684. The maximum atomic E-state index is 9.68. The smallest absolute Gasteiger partial charge is 0.115 e. The van der Waals surface area contributed by atoms with E-state index >= 15 is 0 Å². The number of nitriles is 1. The molecule has 2 N–H and O–H groups in total. The summed E-state index contributed by atoms with van der Waals surface area (Å²) in [5, 5.41) is 27.4. The first kappa shape index (κ1) is 10.6.